The lowest BCUT2D eigenvalue weighted by atomic mass is 10.0. The molecule has 0 spiro atoms. The third kappa shape index (κ3) is 4.31. The maximum atomic E-state index is 12.4. The molecule has 0 saturated heterocycles. The van der Waals surface area contributed by atoms with Gasteiger partial charge in [0.2, 0.25) is 0 Å². The topological polar surface area (TPSA) is 62.1 Å². The van der Waals surface area contributed by atoms with Crippen LogP contribution < -0.4 is 5.32 Å². The van der Waals surface area contributed by atoms with Crippen LogP contribution in [0.15, 0.2) is 17.0 Å². The summed E-state index contributed by atoms with van der Waals surface area (Å²) in [6, 6.07) is 5.09. The summed E-state index contributed by atoms with van der Waals surface area (Å²) < 4.78 is 41.9. The van der Waals surface area contributed by atoms with Crippen molar-refractivity contribution in [1.82, 2.24) is 5.32 Å². The lowest BCUT2D eigenvalue weighted by Crippen LogP contribution is -2.30. The van der Waals surface area contributed by atoms with Crippen LogP contribution in [0.3, 0.4) is 0 Å². The zero-order chi connectivity index (χ0) is 17.0. The van der Waals surface area contributed by atoms with E-state index in [4.69, 9.17) is 16.9 Å². The molecular formula is C14H12ClF3N2O2S. The quantitative estimate of drug-likeness (QED) is 0.659. The molecule has 1 aromatic rings. The van der Waals surface area contributed by atoms with Crippen LogP contribution in [0.1, 0.15) is 17.2 Å². The number of hydrogen-bond acceptors (Lipinski definition) is 5. The number of nitriles is 1. The summed E-state index contributed by atoms with van der Waals surface area (Å²) >= 11 is 7.35. The Morgan fingerprint density at radius 3 is 2.91 bits per heavy atom. The molecule has 0 saturated carbocycles. The van der Waals surface area contributed by atoms with Crippen molar-refractivity contribution in [2.24, 2.45) is 0 Å². The first-order valence-electron chi connectivity index (χ1n) is 6.64. The Morgan fingerprint density at radius 1 is 1.52 bits per heavy atom. The fraction of sp³-hybridized carbons (Fsp3) is 0.429. The summed E-state index contributed by atoms with van der Waals surface area (Å²) in [5.41, 5.74) is 1.19. The Labute approximate surface area is 139 Å². The molecule has 1 aliphatic rings. The zero-order valence-electron chi connectivity index (χ0n) is 11.7. The lowest BCUT2D eigenvalue weighted by Gasteiger charge is -2.21. The van der Waals surface area contributed by atoms with Crippen molar-refractivity contribution in [2.45, 2.75) is 23.6 Å². The van der Waals surface area contributed by atoms with Crippen molar-refractivity contribution < 1.29 is 22.7 Å². The van der Waals surface area contributed by atoms with E-state index in [2.05, 4.69) is 10.1 Å². The van der Waals surface area contributed by atoms with Gasteiger partial charge in [-0.1, -0.05) is 17.7 Å². The van der Waals surface area contributed by atoms with Gasteiger partial charge in [-0.2, -0.15) is 18.4 Å². The summed E-state index contributed by atoms with van der Waals surface area (Å²) in [7, 11) is 0. The van der Waals surface area contributed by atoms with Crippen LogP contribution >= 0.6 is 23.4 Å². The number of nitrogens with zero attached hydrogens (tertiary/aromatic N) is 1. The standard InChI is InChI=1S/C14H12ClF3N2O2S/c15-10-2-1-8-9(12(10)23-6-4-19)3-5-20-7-11(8)22-13(21)14(16,17)18/h1-2,11,20H,3,5-7H2. The largest absolute Gasteiger partial charge is 0.490 e. The van der Waals surface area contributed by atoms with Gasteiger partial charge in [0.1, 0.15) is 6.10 Å². The highest BCUT2D eigenvalue weighted by Crippen LogP contribution is 2.37. The molecule has 0 fully saturated rings. The first-order chi connectivity index (χ1) is 10.8. The first-order valence-corrected chi connectivity index (χ1v) is 8.00. The van der Waals surface area contributed by atoms with Crippen LogP contribution in [0.5, 0.6) is 0 Å². The predicted molar refractivity (Wildman–Crippen MR) is 79.3 cm³/mol. The van der Waals surface area contributed by atoms with E-state index in [1.807, 2.05) is 6.07 Å². The number of nitrogens with one attached hydrogen (secondary N) is 1. The van der Waals surface area contributed by atoms with Crippen LogP contribution in [-0.2, 0) is 16.0 Å². The Bertz CT molecular complexity index is 646. The van der Waals surface area contributed by atoms with Gasteiger partial charge in [-0.15, -0.1) is 11.8 Å². The molecule has 1 atom stereocenters. The number of rotatable bonds is 3. The predicted octanol–water partition coefficient (Wildman–Crippen LogP) is 3.25. The Balaban J connectivity index is 2.37. The smallest absolute Gasteiger partial charge is 0.449 e. The third-order valence-corrected chi connectivity index (χ3v) is 4.69. The van der Waals surface area contributed by atoms with Crippen LogP contribution in [0.25, 0.3) is 0 Å². The average Bonchev–Trinajstić information content (AvgIpc) is 2.68. The number of carbonyl (C=O) groups excluding carboxylic acids is 1. The summed E-state index contributed by atoms with van der Waals surface area (Å²) in [5.74, 6) is -2.06. The molecule has 0 amide bonds. The van der Waals surface area contributed by atoms with Gasteiger partial charge in [0.15, 0.2) is 0 Å². The monoisotopic (exact) mass is 364 g/mol. The van der Waals surface area contributed by atoms with E-state index in [-0.39, 0.29) is 12.3 Å². The Morgan fingerprint density at radius 2 is 2.26 bits per heavy atom. The number of benzene rings is 1. The van der Waals surface area contributed by atoms with Crippen molar-refractivity contribution in [3.05, 3.63) is 28.3 Å². The first kappa shape index (κ1) is 17.9. The van der Waals surface area contributed by atoms with Gasteiger partial charge in [-0.3, -0.25) is 0 Å². The second kappa shape index (κ2) is 7.43. The number of hydrogen-bond donors (Lipinski definition) is 1. The van der Waals surface area contributed by atoms with Gasteiger partial charge < -0.3 is 10.1 Å². The molecule has 1 unspecified atom stereocenters. The van der Waals surface area contributed by atoms with Gasteiger partial charge in [-0.05, 0) is 30.2 Å². The second-order valence-electron chi connectivity index (χ2n) is 4.74. The summed E-state index contributed by atoms with van der Waals surface area (Å²) in [6.45, 7) is 0.590. The van der Waals surface area contributed by atoms with Gasteiger partial charge in [0.25, 0.3) is 0 Å². The molecule has 0 bridgehead atoms. The SMILES string of the molecule is N#CCSc1c(Cl)ccc2c1CCNCC2OC(=O)C(F)(F)F. The van der Waals surface area contributed by atoms with Gasteiger partial charge in [0.05, 0.1) is 16.8 Å². The molecule has 4 nitrogen and oxygen atoms in total. The van der Waals surface area contributed by atoms with E-state index in [0.717, 1.165) is 0 Å². The molecule has 1 aromatic carbocycles. The van der Waals surface area contributed by atoms with E-state index in [9.17, 15) is 18.0 Å². The maximum absolute atomic E-state index is 12.4. The maximum Gasteiger partial charge on any atom is 0.490 e. The number of ether oxygens (including phenoxy) is 1. The zero-order valence-corrected chi connectivity index (χ0v) is 13.3. The van der Waals surface area contributed by atoms with E-state index in [1.165, 1.54) is 11.8 Å². The highest BCUT2D eigenvalue weighted by molar-refractivity contribution is 7.99. The van der Waals surface area contributed by atoms with Gasteiger partial charge >= 0.3 is 12.1 Å². The van der Waals surface area contributed by atoms with Gasteiger partial charge in [0, 0.05) is 11.4 Å². The minimum Gasteiger partial charge on any atom is -0.449 e. The molecule has 23 heavy (non-hydrogen) atoms. The molecule has 9 heteroatoms. The number of thioether (sulfide) groups is 1. The van der Waals surface area contributed by atoms with Crippen LogP contribution in [0.2, 0.25) is 5.02 Å². The number of halogens is 4. The van der Waals surface area contributed by atoms with Crippen molar-refractivity contribution in [1.29, 1.82) is 5.26 Å². The van der Waals surface area contributed by atoms with Crippen LogP contribution in [0.4, 0.5) is 13.2 Å². The van der Waals surface area contributed by atoms with Crippen LogP contribution in [-0.4, -0.2) is 31.0 Å². The highest BCUT2D eigenvalue weighted by Gasteiger charge is 2.43. The van der Waals surface area contributed by atoms with E-state index in [0.29, 0.717) is 34.0 Å². The number of fused-ring (bicyclic) bond motifs is 1. The third-order valence-electron chi connectivity index (χ3n) is 3.24. The fourth-order valence-electron chi connectivity index (χ4n) is 2.29. The molecular weight excluding hydrogens is 353 g/mol. The van der Waals surface area contributed by atoms with E-state index >= 15 is 0 Å². The van der Waals surface area contributed by atoms with Gasteiger partial charge in [-0.25, -0.2) is 4.79 Å². The van der Waals surface area contributed by atoms with Crippen molar-refractivity contribution in [2.75, 3.05) is 18.8 Å². The minimum absolute atomic E-state index is 0.0822. The van der Waals surface area contributed by atoms with Crippen molar-refractivity contribution in [3.63, 3.8) is 0 Å². The Hall–Kier alpha value is -1.43. The Kier molecular flexibility index (Phi) is 5.79. The van der Waals surface area contributed by atoms with Crippen LogP contribution in [0, 0.1) is 11.3 Å². The molecule has 2 rings (SSSR count). The minimum atomic E-state index is -5.04. The molecule has 1 N–H and O–H groups in total. The molecule has 124 valence electrons. The number of carbonyl (C=O) groups is 1. The number of alkyl halides is 3. The molecule has 1 aliphatic heterocycles. The molecule has 0 aromatic heterocycles. The molecule has 1 heterocycles. The molecule has 0 radical (unpaired) electrons. The normalized spacial score (nSPS) is 17.8. The number of esters is 1. The summed E-state index contributed by atoms with van der Waals surface area (Å²) in [4.78, 5) is 11.8. The fourth-order valence-corrected chi connectivity index (χ4v) is 3.44. The summed E-state index contributed by atoms with van der Waals surface area (Å²) in [6.07, 6.45) is -5.58. The lowest BCUT2D eigenvalue weighted by molar-refractivity contribution is -0.205. The highest BCUT2D eigenvalue weighted by atomic mass is 35.5. The molecule has 0 aliphatic carbocycles. The van der Waals surface area contributed by atoms with Crippen molar-refractivity contribution in [3.8, 4) is 6.07 Å². The van der Waals surface area contributed by atoms with Crippen molar-refractivity contribution >= 4 is 29.3 Å². The summed E-state index contributed by atoms with van der Waals surface area (Å²) in [5, 5.41) is 12.1. The van der Waals surface area contributed by atoms with E-state index in [1.54, 1.807) is 12.1 Å². The van der Waals surface area contributed by atoms with E-state index < -0.39 is 18.2 Å². The second-order valence-corrected chi connectivity index (χ2v) is 6.13. The average molecular weight is 365 g/mol.